The minimum atomic E-state index is -1.43. The van der Waals surface area contributed by atoms with Crippen molar-refractivity contribution in [3.63, 3.8) is 0 Å². The molecule has 0 saturated heterocycles. The summed E-state index contributed by atoms with van der Waals surface area (Å²) in [6.45, 7) is 0. The number of aliphatic carboxylic acids is 1. The Kier molecular flexibility index (Phi) is 10.1. The number of nitrogens with one attached hydrogen (secondary N) is 1. The Morgan fingerprint density at radius 2 is 1.40 bits per heavy atom. The SMILES string of the molecule is O=C(NC(Cc1csc2ccccc12)C(=O)O)C(Cc1ccc(-c2ccccc2)cc1)CP(O)CCc1ccccc1. The van der Waals surface area contributed by atoms with Gasteiger partial charge in [0, 0.05) is 31.3 Å². The molecular weight excluding hydrogens is 561 g/mol. The molecule has 0 radical (unpaired) electrons. The van der Waals surface area contributed by atoms with Gasteiger partial charge in [0.25, 0.3) is 0 Å². The zero-order valence-electron chi connectivity index (χ0n) is 23.2. The monoisotopic (exact) mass is 595 g/mol. The Morgan fingerprint density at radius 1 is 0.762 bits per heavy atom. The normalized spacial score (nSPS) is 13.4. The maximum atomic E-state index is 13.7. The molecule has 3 N–H and O–H groups in total. The van der Waals surface area contributed by atoms with Crippen molar-refractivity contribution in [2.75, 3.05) is 12.3 Å². The van der Waals surface area contributed by atoms with Gasteiger partial charge in [-0.05, 0) is 63.7 Å². The molecule has 0 aliphatic carbocycles. The van der Waals surface area contributed by atoms with Crippen molar-refractivity contribution in [2.24, 2.45) is 5.92 Å². The number of hydrogen-bond acceptors (Lipinski definition) is 4. The van der Waals surface area contributed by atoms with E-state index in [2.05, 4.69) is 17.4 Å². The van der Waals surface area contributed by atoms with E-state index >= 15 is 0 Å². The Bertz CT molecular complexity index is 1600. The van der Waals surface area contributed by atoms with E-state index in [0.717, 1.165) is 44.3 Å². The van der Waals surface area contributed by atoms with E-state index in [1.54, 1.807) is 11.3 Å². The van der Waals surface area contributed by atoms with Crippen LogP contribution < -0.4 is 5.32 Å². The average Bonchev–Trinajstić information content (AvgIpc) is 3.43. The van der Waals surface area contributed by atoms with Gasteiger partial charge < -0.3 is 15.3 Å². The number of thiophene rings is 1. The third-order valence-electron chi connectivity index (χ3n) is 7.45. The molecule has 42 heavy (non-hydrogen) atoms. The number of carbonyl (C=O) groups is 2. The highest BCUT2D eigenvalue weighted by molar-refractivity contribution is 7.51. The van der Waals surface area contributed by atoms with Gasteiger partial charge in [0.1, 0.15) is 6.04 Å². The summed E-state index contributed by atoms with van der Waals surface area (Å²) in [6, 6.07) is 35.0. The standard InChI is InChI=1S/C35H34NO4PS/c37-34(36-32(35(38)39)22-30-24-42-33-14-8-7-13-31(30)33)29(23-41(40)20-19-25-9-3-1-4-10-25)21-26-15-17-28(18-16-26)27-11-5-2-6-12-27/h1-18,24,29,32,40H,19-23H2,(H,36,37)(H,38,39). The summed E-state index contributed by atoms with van der Waals surface area (Å²) in [5, 5.41) is 15.8. The number of amides is 1. The predicted molar refractivity (Wildman–Crippen MR) is 173 cm³/mol. The van der Waals surface area contributed by atoms with E-state index in [1.807, 2.05) is 102 Å². The van der Waals surface area contributed by atoms with Crippen molar-refractivity contribution in [3.8, 4) is 11.1 Å². The fourth-order valence-corrected chi connectivity index (χ4v) is 7.62. The Hall–Kier alpha value is -3.83. The second-order valence-corrected chi connectivity index (χ2v) is 13.2. The number of carboxylic acids is 1. The largest absolute Gasteiger partial charge is 0.480 e. The fraction of sp³-hybridized carbons (Fsp3) is 0.200. The summed E-state index contributed by atoms with van der Waals surface area (Å²) >= 11 is 1.57. The maximum Gasteiger partial charge on any atom is 0.326 e. The maximum absolute atomic E-state index is 13.7. The zero-order chi connectivity index (χ0) is 29.3. The zero-order valence-corrected chi connectivity index (χ0v) is 24.9. The first-order valence-electron chi connectivity index (χ1n) is 14.1. The van der Waals surface area contributed by atoms with Gasteiger partial charge in [0.05, 0.1) is 0 Å². The van der Waals surface area contributed by atoms with Crippen molar-refractivity contribution in [3.05, 3.63) is 131 Å². The molecule has 0 aliphatic heterocycles. The van der Waals surface area contributed by atoms with Crippen LogP contribution in [-0.2, 0) is 28.9 Å². The van der Waals surface area contributed by atoms with E-state index < -0.39 is 26.1 Å². The van der Waals surface area contributed by atoms with Crippen LogP contribution in [0.25, 0.3) is 21.2 Å². The van der Waals surface area contributed by atoms with Crippen LogP contribution in [0, 0.1) is 5.92 Å². The molecule has 214 valence electrons. The van der Waals surface area contributed by atoms with Crippen LogP contribution in [0.2, 0.25) is 0 Å². The first kappa shape index (κ1) is 29.7. The van der Waals surface area contributed by atoms with Crippen LogP contribution in [0.5, 0.6) is 0 Å². The molecule has 1 heterocycles. The van der Waals surface area contributed by atoms with Gasteiger partial charge >= 0.3 is 5.97 Å². The molecular formula is C35H34NO4PS. The van der Waals surface area contributed by atoms with Gasteiger partial charge in [-0.1, -0.05) is 103 Å². The van der Waals surface area contributed by atoms with E-state index in [-0.39, 0.29) is 12.3 Å². The highest BCUT2D eigenvalue weighted by Crippen LogP contribution is 2.35. The first-order valence-corrected chi connectivity index (χ1v) is 16.6. The number of benzene rings is 4. The van der Waals surface area contributed by atoms with Gasteiger partial charge in [0.15, 0.2) is 0 Å². The molecule has 7 heteroatoms. The van der Waals surface area contributed by atoms with Crippen molar-refractivity contribution in [1.82, 2.24) is 5.32 Å². The molecule has 0 fully saturated rings. The van der Waals surface area contributed by atoms with Crippen LogP contribution >= 0.6 is 19.5 Å². The van der Waals surface area contributed by atoms with Crippen LogP contribution in [0.4, 0.5) is 0 Å². The lowest BCUT2D eigenvalue weighted by atomic mass is 9.96. The quantitative estimate of drug-likeness (QED) is 0.126. The fourth-order valence-electron chi connectivity index (χ4n) is 5.14. The Morgan fingerprint density at radius 3 is 2.12 bits per heavy atom. The number of fused-ring (bicyclic) bond motifs is 1. The first-order chi connectivity index (χ1) is 20.5. The van der Waals surface area contributed by atoms with E-state index in [0.29, 0.717) is 18.7 Å². The van der Waals surface area contributed by atoms with Crippen molar-refractivity contribution in [1.29, 1.82) is 0 Å². The molecule has 0 aliphatic rings. The van der Waals surface area contributed by atoms with Crippen molar-refractivity contribution >= 4 is 41.4 Å². The summed E-state index contributed by atoms with van der Waals surface area (Å²) in [5.41, 5.74) is 5.22. The molecule has 1 aromatic heterocycles. The second kappa shape index (κ2) is 14.4. The molecule has 0 bridgehead atoms. The molecule has 0 saturated carbocycles. The number of aryl methyl sites for hydroxylation is 1. The van der Waals surface area contributed by atoms with E-state index in [1.165, 1.54) is 0 Å². The smallest absolute Gasteiger partial charge is 0.326 e. The molecule has 5 rings (SSSR count). The van der Waals surface area contributed by atoms with Gasteiger partial charge in [-0.2, -0.15) is 0 Å². The number of carboxylic acid groups (broad SMARTS) is 1. The minimum absolute atomic E-state index is 0.200. The van der Waals surface area contributed by atoms with Crippen LogP contribution in [0.3, 0.4) is 0 Å². The van der Waals surface area contributed by atoms with E-state index in [4.69, 9.17) is 0 Å². The topological polar surface area (TPSA) is 86.6 Å². The summed E-state index contributed by atoms with van der Waals surface area (Å²) in [5.74, 6) is -1.96. The van der Waals surface area contributed by atoms with Crippen LogP contribution in [-0.4, -0.2) is 40.2 Å². The van der Waals surface area contributed by atoms with Crippen molar-refractivity contribution < 1.29 is 19.6 Å². The lowest BCUT2D eigenvalue weighted by Gasteiger charge is -2.23. The third kappa shape index (κ3) is 7.92. The Labute approximate surface area is 251 Å². The average molecular weight is 596 g/mol. The van der Waals surface area contributed by atoms with Gasteiger partial charge in [0.2, 0.25) is 5.91 Å². The van der Waals surface area contributed by atoms with Gasteiger partial charge in [-0.15, -0.1) is 11.3 Å². The predicted octanol–water partition coefficient (Wildman–Crippen LogP) is 7.17. The Balaban J connectivity index is 1.31. The van der Waals surface area contributed by atoms with E-state index in [9.17, 15) is 19.6 Å². The third-order valence-corrected chi connectivity index (χ3v) is 10.1. The van der Waals surface area contributed by atoms with Gasteiger partial charge in [-0.3, -0.25) is 4.79 Å². The number of carbonyl (C=O) groups excluding carboxylic acids is 1. The summed E-state index contributed by atoms with van der Waals surface area (Å²) < 4.78 is 1.09. The summed E-state index contributed by atoms with van der Waals surface area (Å²) in [4.78, 5) is 37.0. The van der Waals surface area contributed by atoms with Crippen molar-refractivity contribution in [2.45, 2.75) is 25.3 Å². The number of rotatable bonds is 13. The second-order valence-electron chi connectivity index (χ2n) is 10.5. The molecule has 4 aromatic carbocycles. The lowest BCUT2D eigenvalue weighted by Crippen LogP contribution is -2.46. The summed E-state index contributed by atoms with van der Waals surface area (Å²) in [6.07, 6.45) is 2.23. The lowest BCUT2D eigenvalue weighted by molar-refractivity contribution is -0.142. The van der Waals surface area contributed by atoms with Crippen LogP contribution in [0.1, 0.15) is 16.7 Å². The highest BCUT2D eigenvalue weighted by atomic mass is 32.1. The minimum Gasteiger partial charge on any atom is -0.480 e. The molecule has 5 aromatic rings. The molecule has 0 spiro atoms. The van der Waals surface area contributed by atoms with Gasteiger partial charge in [-0.25, -0.2) is 4.79 Å². The molecule has 1 amide bonds. The molecule has 5 nitrogen and oxygen atoms in total. The highest BCUT2D eigenvalue weighted by Gasteiger charge is 2.28. The molecule has 3 atom stereocenters. The van der Waals surface area contributed by atoms with Crippen LogP contribution in [0.15, 0.2) is 115 Å². The number of hydrogen-bond donors (Lipinski definition) is 3. The summed E-state index contributed by atoms with van der Waals surface area (Å²) in [7, 11) is -1.43. The molecule has 3 unspecified atom stereocenters.